The largest absolute Gasteiger partial charge is 0.483 e. The van der Waals surface area contributed by atoms with Crippen molar-refractivity contribution in [3.8, 4) is 11.8 Å². The molecule has 0 aliphatic heterocycles. The first-order valence-electron chi connectivity index (χ1n) is 12.4. The fraction of sp³-hybridized carbons (Fsp3) is 0.481. The molecular weight excluding hydrogens is 509 g/mol. The number of amides is 1. The molecule has 1 N–H and O–H groups in total. The van der Waals surface area contributed by atoms with Crippen LogP contribution in [0.5, 0.6) is 5.75 Å². The van der Waals surface area contributed by atoms with Crippen LogP contribution in [0.15, 0.2) is 29.4 Å². The zero-order chi connectivity index (χ0) is 26.7. The molecule has 1 aliphatic carbocycles. The fourth-order valence-electron chi connectivity index (χ4n) is 4.62. The number of rotatable bonds is 9. The Morgan fingerprint density at radius 1 is 1.38 bits per heavy atom. The molecule has 37 heavy (non-hydrogen) atoms. The molecule has 0 radical (unpaired) electrons. The van der Waals surface area contributed by atoms with E-state index in [1.807, 2.05) is 14.0 Å². The van der Waals surface area contributed by atoms with Gasteiger partial charge in [-0.2, -0.15) is 5.26 Å². The van der Waals surface area contributed by atoms with Gasteiger partial charge < -0.3 is 14.6 Å². The van der Waals surface area contributed by atoms with Crippen molar-refractivity contribution in [1.82, 2.24) is 14.8 Å². The summed E-state index contributed by atoms with van der Waals surface area (Å²) in [6.07, 6.45) is 3.61. The van der Waals surface area contributed by atoms with Crippen LogP contribution in [0, 0.1) is 28.5 Å². The van der Waals surface area contributed by atoms with Crippen LogP contribution < -0.4 is 10.1 Å². The monoisotopic (exact) mass is 541 g/mol. The lowest BCUT2D eigenvalue weighted by atomic mass is 9.69. The van der Waals surface area contributed by atoms with Crippen molar-refractivity contribution in [3.63, 3.8) is 0 Å². The van der Waals surface area contributed by atoms with Crippen molar-refractivity contribution >= 4 is 34.0 Å². The number of fused-ring (bicyclic) bond motifs is 1. The average molecular weight is 542 g/mol. The zero-order valence-corrected chi connectivity index (χ0v) is 23.4. The number of hydrogen-bond acceptors (Lipinski definition) is 7. The summed E-state index contributed by atoms with van der Waals surface area (Å²) in [6, 6.07) is 8.12. The lowest BCUT2D eigenvalue weighted by Gasteiger charge is -2.36. The number of nitrogens with one attached hydrogen (secondary N) is 1. The van der Waals surface area contributed by atoms with E-state index in [0.29, 0.717) is 33.2 Å². The van der Waals surface area contributed by atoms with E-state index in [-0.39, 0.29) is 22.9 Å². The first-order chi connectivity index (χ1) is 17.6. The fourth-order valence-corrected chi connectivity index (χ4v) is 6.63. The van der Waals surface area contributed by atoms with Crippen LogP contribution in [0.25, 0.3) is 0 Å². The van der Waals surface area contributed by atoms with E-state index in [0.717, 1.165) is 31.2 Å². The van der Waals surface area contributed by atoms with Crippen molar-refractivity contribution in [3.05, 3.63) is 51.9 Å². The van der Waals surface area contributed by atoms with Crippen molar-refractivity contribution < 1.29 is 13.9 Å². The molecule has 4 rings (SSSR count). The minimum Gasteiger partial charge on any atom is -0.483 e. The third kappa shape index (κ3) is 5.99. The number of benzene rings is 1. The number of carbonyl (C=O) groups excluding carboxylic acids is 1. The maximum atomic E-state index is 13.1. The second-order valence-corrected chi connectivity index (χ2v) is 12.1. The van der Waals surface area contributed by atoms with E-state index in [9.17, 15) is 14.4 Å². The second kappa shape index (κ2) is 11.2. The second-order valence-electron chi connectivity index (χ2n) is 10.1. The van der Waals surface area contributed by atoms with Gasteiger partial charge in [0.15, 0.2) is 17.1 Å². The van der Waals surface area contributed by atoms with Crippen LogP contribution in [-0.2, 0) is 24.7 Å². The Hall–Kier alpha value is -2.90. The van der Waals surface area contributed by atoms with Crippen molar-refractivity contribution in [2.24, 2.45) is 18.4 Å². The van der Waals surface area contributed by atoms with Gasteiger partial charge in [-0.1, -0.05) is 39.0 Å². The van der Waals surface area contributed by atoms with Crippen molar-refractivity contribution in [2.75, 3.05) is 11.1 Å². The van der Waals surface area contributed by atoms with E-state index >= 15 is 0 Å². The van der Waals surface area contributed by atoms with Gasteiger partial charge in [-0.05, 0) is 67.3 Å². The molecule has 0 fully saturated rings. The van der Waals surface area contributed by atoms with Gasteiger partial charge in [-0.25, -0.2) is 4.39 Å². The Kier molecular flexibility index (Phi) is 8.24. The Bertz CT molecular complexity index is 1310. The molecular formula is C27H32FN5O2S2. The third-order valence-corrected chi connectivity index (χ3v) is 9.53. The van der Waals surface area contributed by atoms with Crippen LogP contribution in [0.1, 0.15) is 68.5 Å². The number of nitriles is 1. The van der Waals surface area contributed by atoms with E-state index in [4.69, 9.17) is 4.74 Å². The quantitative estimate of drug-likeness (QED) is 0.320. The SMILES string of the molecule is CCC(C)(C)C1CCc2c(sc(NC(=O)CSc3nnc(C(C)Oc4ccc(F)cc4)n3C)c2C#N)C1. The van der Waals surface area contributed by atoms with E-state index in [1.54, 1.807) is 28.0 Å². The smallest absolute Gasteiger partial charge is 0.235 e. The summed E-state index contributed by atoms with van der Waals surface area (Å²) in [5, 5.41) is 22.4. The minimum absolute atomic E-state index is 0.137. The molecule has 7 nitrogen and oxygen atoms in total. The number of aromatic nitrogens is 3. The summed E-state index contributed by atoms with van der Waals surface area (Å²) in [6.45, 7) is 8.69. The summed E-state index contributed by atoms with van der Waals surface area (Å²) >= 11 is 2.81. The molecule has 2 unspecified atom stereocenters. The molecule has 0 spiro atoms. The Labute approximate surface area is 225 Å². The molecule has 1 aromatic carbocycles. The predicted molar refractivity (Wildman–Crippen MR) is 144 cm³/mol. The highest BCUT2D eigenvalue weighted by atomic mass is 32.2. The summed E-state index contributed by atoms with van der Waals surface area (Å²) in [4.78, 5) is 14.0. The molecule has 2 heterocycles. The Morgan fingerprint density at radius 3 is 2.78 bits per heavy atom. The van der Waals surface area contributed by atoms with Gasteiger partial charge in [0.2, 0.25) is 5.91 Å². The number of carbonyl (C=O) groups is 1. The topological polar surface area (TPSA) is 92.8 Å². The molecule has 1 aliphatic rings. The van der Waals surface area contributed by atoms with Crippen LogP contribution in [-0.4, -0.2) is 26.4 Å². The zero-order valence-electron chi connectivity index (χ0n) is 21.8. The summed E-state index contributed by atoms with van der Waals surface area (Å²) < 4.78 is 20.8. The maximum Gasteiger partial charge on any atom is 0.235 e. The summed E-state index contributed by atoms with van der Waals surface area (Å²) in [5.41, 5.74) is 1.97. The maximum absolute atomic E-state index is 13.1. The lowest BCUT2D eigenvalue weighted by Crippen LogP contribution is -2.28. The van der Waals surface area contributed by atoms with Gasteiger partial charge in [-0.15, -0.1) is 21.5 Å². The highest BCUT2D eigenvalue weighted by Gasteiger charge is 2.34. The van der Waals surface area contributed by atoms with Crippen molar-refractivity contribution in [1.29, 1.82) is 5.26 Å². The van der Waals surface area contributed by atoms with E-state index in [1.165, 1.54) is 28.8 Å². The first-order valence-corrected chi connectivity index (χ1v) is 14.2. The molecule has 0 bridgehead atoms. The van der Waals surface area contributed by atoms with Crippen LogP contribution in [0.3, 0.4) is 0 Å². The van der Waals surface area contributed by atoms with Gasteiger partial charge in [0.25, 0.3) is 0 Å². The number of anilines is 1. The standard InChI is InChI=1S/C27H32FN5O2S2/c1-6-27(3,4)17-7-12-20-21(14-29)25(37-22(20)13-17)30-23(34)15-36-26-32-31-24(33(26)5)16(2)35-19-10-8-18(28)9-11-19/h8-11,16-17H,6-7,12-13,15H2,1-5H3,(H,30,34). The summed E-state index contributed by atoms with van der Waals surface area (Å²) in [7, 11) is 1.81. The molecule has 0 saturated heterocycles. The van der Waals surface area contributed by atoms with Crippen LogP contribution >= 0.6 is 23.1 Å². The predicted octanol–water partition coefficient (Wildman–Crippen LogP) is 6.30. The van der Waals surface area contributed by atoms with Gasteiger partial charge in [0, 0.05) is 11.9 Å². The molecule has 3 aromatic rings. The number of halogens is 1. The molecule has 196 valence electrons. The van der Waals surface area contributed by atoms with Gasteiger partial charge >= 0.3 is 0 Å². The van der Waals surface area contributed by atoms with Crippen LogP contribution in [0.4, 0.5) is 9.39 Å². The number of nitrogens with zero attached hydrogens (tertiary/aromatic N) is 4. The van der Waals surface area contributed by atoms with Gasteiger partial charge in [0.05, 0.1) is 11.3 Å². The number of thiophene rings is 1. The Balaban J connectivity index is 1.38. The average Bonchev–Trinajstić information content (AvgIpc) is 3.42. The van der Waals surface area contributed by atoms with Gasteiger partial charge in [-0.3, -0.25) is 4.79 Å². The third-order valence-electron chi connectivity index (χ3n) is 7.34. The van der Waals surface area contributed by atoms with Crippen LogP contribution in [0.2, 0.25) is 0 Å². The minimum atomic E-state index is -0.414. The number of ether oxygens (including phenoxy) is 1. The highest BCUT2D eigenvalue weighted by Crippen LogP contribution is 2.45. The lowest BCUT2D eigenvalue weighted by molar-refractivity contribution is -0.113. The van der Waals surface area contributed by atoms with E-state index < -0.39 is 6.10 Å². The normalized spacial score (nSPS) is 16.1. The number of hydrogen-bond donors (Lipinski definition) is 1. The Morgan fingerprint density at radius 2 is 2.11 bits per heavy atom. The molecule has 10 heteroatoms. The number of thioether (sulfide) groups is 1. The summed E-state index contributed by atoms with van der Waals surface area (Å²) in [5.74, 6) is 1.32. The molecule has 1 amide bonds. The molecule has 2 aromatic heterocycles. The van der Waals surface area contributed by atoms with Gasteiger partial charge in [0.1, 0.15) is 22.6 Å². The van der Waals surface area contributed by atoms with E-state index in [2.05, 4.69) is 42.4 Å². The first kappa shape index (κ1) is 27.1. The highest BCUT2D eigenvalue weighted by molar-refractivity contribution is 7.99. The molecule has 0 saturated carbocycles. The molecule has 2 atom stereocenters. The van der Waals surface area contributed by atoms with Crippen molar-refractivity contribution in [2.45, 2.75) is 64.6 Å².